The van der Waals surface area contributed by atoms with Crippen LogP contribution < -0.4 is 4.74 Å². The van der Waals surface area contributed by atoms with Gasteiger partial charge in [0.1, 0.15) is 5.75 Å². The molecule has 1 aromatic heterocycles. The maximum Gasteiger partial charge on any atom is 0.252 e. The Hall–Kier alpha value is -3.45. The number of hydrogen-bond acceptors (Lipinski definition) is 8. The minimum absolute atomic E-state index is 0.106. The lowest BCUT2D eigenvalue weighted by Gasteiger charge is -2.33. The Kier molecular flexibility index (Phi) is 9.37. The molecule has 1 amide bonds. The molecule has 1 fully saturated rings. The number of nitrogens with zero attached hydrogens (tertiary/aromatic N) is 4. The van der Waals surface area contributed by atoms with E-state index < -0.39 is 33.4 Å². The minimum Gasteiger partial charge on any atom is -0.497 e. The molecule has 1 heterocycles. The van der Waals surface area contributed by atoms with Crippen molar-refractivity contribution >= 4 is 15.9 Å². The van der Waals surface area contributed by atoms with Gasteiger partial charge in [0.25, 0.3) is 5.91 Å². The van der Waals surface area contributed by atoms with Crippen molar-refractivity contribution in [1.82, 2.24) is 19.3 Å². The summed E-state index contributed by atoms with van der Waals surface area (Å²) in [6.45, 7) is 0.106. The van der Waals surface area contributed by atoms with Gasteiger partial charge in [-0.3, -0.25) is 9.63 Å². The molecule has 4 rings (SSSR count). The number of amides is 1. The molecule has 41 heavy (non-hydrogen) atoms. The van der Waals surface area contributed by atoms with Gasteiger partial charge in [0.05, 0.1) is 50.4 Å². The Morgan fingerprint density at radius 1 is 1.05 bits per heavy atom. The van der Waals surface area contributed by atoms with Crippen molar-refractivity contribution in [1.29, 1.82) is 0 Å². The maximum absolute atomic E-state index is 13.9. The Morgan fingerprint density at radius 2 is 1.73 bits per heavy atom. The van der Waals surface area contributed by atoms with E-state index in [1.165, 1.54) is 36.9 Å². The number of sulfonamides is 1. The second-order valence-corrected chi connectivity index (χ2v) is 12.2. The fourth-order valence-corrected chi connectivity index (χ4v) is 6.62. The van der Waals surface area contributed by atoms with Gasteiger partial charge in [-0.1, -0.05) is 30.3 Å². The summed E-state index contributed by atoms with van der Waals surface area (Å²) < 4.78 is 52.2. The topological polar surface area (TPSA) is 111 Å². The van der Waals surface area contributed by atoms with Gasteiger partial charge in [0.15, 0.2) is 11.6 Å². The highest BCUT2D eigenvalue weighted by Gasteiger charge is 2.54. The minimum atomic E-state index is -3.71. The van der Waals surface area contributed by atoms with Gasteiger partial charge in [0, 0.05) is 26.3 Å². The van der Waals surface area contributed by atoms with Crippen LogP contribution in [0.15, 0.2) is 60.9 Å². The second kappa shape index (κ2) is 12.6. The molecule has 2 aromatic carbocycles. The molecule has 0 saturated heterocycles. The molecular formula is C29H35FN4O6S. The lowest BCUT2D eigenvalue weighted by atomic mass is 9.78. The zero-order chi connectivity index (χ0) is 29.8. The number of carbonyl (C=O) groups excluding carboxylic acids is 1. The Bertz CT molecular complexity index is 1450. The molecule has 0 N–H and O–H groups in total. The number of methoxy groups -OCH3 is 2. The molecule has 0 spiro atoms. The smallest absolute Gasteiger partial charge is 0.252 e. The molecular weight excluding hydrogens is 551 g/mol. The highest BCUT2D eigenvalue weighted by atomic mass is 32.2. The van der Waals surface area contributed by atoms with E-state index in [9.17, 15) is 17.6 Å². The van der Waals surface area contributed by atoms with Crippen LogP contribution in [0.1, 0.15) is 24.0 Å². The third kappa shape index (κ3) is 6.89. The van der Waals surface area contributed by atoms with Gasteiger partial charge in [0.2, 0.25) is 10.0 Å². The van der Waals surface area contributed by atoms with Gasteiger partial charge in [-0.15, -0.1) is 0 Å². The Balaban J connectivity index is 1.71. The van der Waals surface area contributed by atoms with Crippen molar-refractivity contribution in [2.75, 3.05) is 34.6 Å². The van der Waals surface area contributed by atoms with E-state index in [2.05, 4.69) is 9.97 Å². The zero-order valence-electron chi connectivity index (χ0n) is 23.8. The zero-order valence-corrected chi connectivity index (χ0v) is 24.6. The number of hydrogen-bond donors (Lipinski definition) is 0. The van der Waals surface area contributed by atoms with E-state index >= 15 is 0 Å². The Labute approximate surface area is 240 Å². The Morgan fingerprint density at radius 3 is 2.32 bits per heavy atom. The number of carbonyl (C=O) groups is 1. The lowest BCUT2D eigenvalue weighted by molar-refractivity contribution is -0.180. The van der Waals surface area contributed by atoms with Crippen LogP contribution in [0, 0.1) is 11.2 Å². The van der Waals surface area contributed by atoms with Gasteiger partial charge < -0.3 is 9.47 Å². The van der Waals surface area contributed by atoms with Crippen molar-refractivity contribution in [3.63, 3.8) is 0 Å². The molecule has 0 unspecified atom stereocenters. The van der Waals surface area contributed by atoms with Crippen LogP contribution >= 0.6 is 0 Å². The van der Waals surface area contributed by atoms with E-state index in [-0.39, 0.29) is 31.7 Å². The predicted molar refractivity (Wildman–Crippen MR) is 151 cm³/mol. The van der Waals surface area contributed by atoms with Gasteiger partial charge in [-0.2, -0.15) is 4.31 Å². The SMILES string of the molecule is COc1ccc(CN([C@@H]2C[C@@](Cc3cccc(-c4ncc(F)cn4)c3)(C(=O)N(C)OC)C[C@@H]2OC)S(C)(=O)=O)cc1. The fraction of sp³-hybridized carbons (Fsp3) is 0.414. The van der Waals surface area contributed by atoms with E-state index in [1.807, 2.05) is 36.4 Å². The van der Waals surface area contributed by atoms with Crippen LogP contribution in [0.5, 0.6) is 5.75 Å². The first-order valence-corrected chi connectivity index (χ1v) is 14.9. The third-order valence-corrected chi connectivity index (χ3v) is 8.83. The predicted octanol–water partition coefficient (Wildman–Crippen LogP) is 3.48. The molecule has 220 valence electrons. The fourth-order valence-electron chi connectivity index (χ4n) is 5.54. The summed E-state index contributed by atoms with van der Waals surface area (Å²) in [6, 6.07) is 13.9. The van der Waals surface area contributed by atoms with Crippen LogP contribution in [0.4, 0.5) is 4.39 Å². The molecule has 12 heteroatoms. The van der Waals surface area contributed by atoms with Crippen molar-refractivity contribution in [2.45, 2.75) is 38.0 Å². The number of rotatable bonds is 11. The lowest BCUT2D eigenvalue weighted by Crippen LogP contribution is -2.45. The third-order valence-electron chi connectivity index (χ3n) is 7.58. The van der Waals surface area contributed by atoms with E-state index in [4.69, 9.17) is 14.3 Å². The average Bonchev–Trinajstić information content (AvgIpc) is 3.34. The van der Waals surface area contributed by atoms with Crippen LogP contribution in [0.2, 0.25) is 0 Å². The van der Waals surface area contributed by atoms with Crippen LogP contribution in [-0.2, 0) is 37.4 Å². The number of ether oxygens (including phenoxy) is 2. The molecule has 1 saturated carbocycles. The van der Waals surface area contributed by atoms with E-state index in [0.29, 0.717) is 17.1 Å². The molecule has 10 nitrogen and oxygen atoms in total. The molecule has 0 aliphatic heterocycles. The number of halogens is 1. The largest absolute Gasteiger partial charge is 0.497 e. The van der Waals surface area contributed by atoms with Crippen molar-refractivity contribution in [2.24, 2.45) is 5.41 Å². The van der Waals surface area contributed by atoms with Crippen molar-refractivity contribution in [3.8, 4) is 17.1 Å². The molecule has 1 aliphatic carbocycles. The second-order valence-electron chi connectivity index (χ2n) is 10.3. The van der Waals surface area contributed by atoms with Gasteiger partial charge >= 0.3 is 0 Å². The summed E-state index contributed by atoms with van der Waals surface area (Å²) in [5.41, 5.74) is 1.21. The van der Waals surface area contributed by atoms with Crippen molar-refractivity contribution < 1.29 is 31.9 Å². The highest BCUT2D eigenvalue weighted by Crippen LogP contribution is 2.46. The summed E-state index contributed by atoms with van der Waals surface area (Å²) in [6.07, 6.45) is 3.57. The number of hydroxylamine groups is 2. The van der Waals surface area contributed by atoms with E-state index in [1.54, 1.807) is 19.2 Å². The van der Waals surface area contributed by atoms with Crippen LogP contribution in [0.3, 0.4) is 0 Å². The van der Waals surface area contributed by atoms with Crippen molar-refractivity contribution in [3.05, 3.63) is 77.9 Å². The first-order chi connectivity index (χ1) is 19.5. The first kappa shape index (κ1) is 30.5. The van der Waals surface area contributed by atoms with Gasteiger partial charge in [-0.25, -0.2) is 27.8 Å². The molecule has 0 radical (unpaired) electrons. The number of benzene rings is 2. The molecule has 0 bridgehead atoms. The highest BCUT2D eigenvalue weighted by molar-refractivity contribution is 7.88. The van der Waals surface area contributed by atoms with Crippen LogP contribution in [0.25, 0.3) is 11.4 Å². The number of aromatic nitrogens is 2. The normalized spacial score (nSPS) is 20.8. The molecule has 3 atom stereocenters. The summed E-state index contributed by atoms with van der Waals surface area (Å²) in [4.78, 5) is 27.3. The standard InChI is InChI=1S/C29H35FN4O6S/c1-33(40-4)28(35)29(14-21-7-6-8-22(13-21)27-31-17-23(30)18-32-27)15-25(26(16-29)39-3)34(41(5,36)37)19-20-9-11-24(38-2)12-10-20/h6-13,17-18,25-26H,14-16,19H2,1-5H3/t25-,26+,29-/m1/s1. The molecule has 3 aromatic rings. The summed E-state index contributed by atoms with van der Waals surface area (Å²) in [5, 5.41) is 1.18. The van der Waals surface area contributed by atoms with Gasteiger partial charge in [-0.05, 0) is 48.6 Å². The summed E-state index contributed by atoms with van der Waals surface area (Å²) in [7, 11) is 2.33. The monoisotopic (exact) mass is 586 g/mol. The average molecular weight is 587 g/mol. The quantitative estimate of drug-likeness (QED) is 0.314. The summed E-state index contributed by atoms with van der Waals surface area (Å²) >= 11 is 0. The maximum atomic E-state index is 13.9. The summed E-state index contributed by atoms with van der Waals surface area (Å²) in [5.74, 6) is 0.191. The molecule has 1 aliphatic rings. The van der Waals surface area contributed by atoms with Crippen LogP contribution in [-0.4, -0.2) is 80.4 Å². The van der Waals surface area contributed by atoms with E-state index in [0.717, 1.165) is 23.5 Å². The first-order valence-electron chi connectivity index (χ1n) is 13.0.